The molecule has 3 aromatic rings. The molecule has 1 saturated heterocycles. The number of urea groups is 1. The summed E-state index contributed by atoms with van der Waals surface area (Å²) >= 11 is 4.36. The molecule has 178 valence electrons. The van der Waals surface area contributed by atoms with Crippen molar-refractivity contribution in [3.63, 3.8) is 0 Å². The van der Waals surface area contributed by atoms with E-state index >= 15 is 0 Å². The van der Waals surface area contributed by atoms with Crippen LogP contribution in [-0.4, -0.2) is 17.8 Å². The molecule has 1 aliphatic heterocycles. The molecule has 0 saturated carbocycles. The second-order valence-corrected chi connectivity index (χ2v) is 10.6. The Hall–Kier alpha value is -2.73. The molecule has 4 rings (SSSR count). The summed E-state index contributed by atoms with van der Waals surface area (Å²) in [6.45, 7) is 6.32. The molecule has 1 aliphatic rings. The highest BCUT2D eigenvalue weighted by Gasteiger charge is 2.37. The van der Waals surface area contributed by atoms with Crippen molar-refractivity contribution < 1.29 is 19.1 Å². The van der Waals surface area contributed by atoms with Crippen LogP contribution in [-0.2, 0) is 16.2 Å². The molecule has 0 spiro atoms. The summed E-state index contributed by atoms with van der Waals surface area (Å²) in [5.74, 6) is -0.641. The van der Waals surface area contributed by atoms with Gasteiger partial charge in [-0.05, 0) is 119 Å². The Bertz CT molecular complexity index is 1370. The van der Waals surface area contributed by atoms with Crippen molar-refractivity contribution in [1.29, 1.82) is 0 Å². The predicted octanol–water partition coefficient (Wildman–Crippen LogP) is 6.07. The van der Waals surface area contributed by atoms with Crippen molar-refractivity contribution in [3.8, 4) is 5.75 Å². The van der Waals surface area contributed by atoms with E-state index in [0.29, 0.717) is 17.9 Å². The maximum Gasteiger partial charge on any atom is 0.335 e. The predicted molar refractivity (Wildman–Crippen MR) is 152 cm³/mol. The average molecular weight is 692 g/mol. The molecule has 1 heterocycles. The Morgan fingerprint density at radius 2 is 1.63 bits per heavy atom. The van der Waals surface area contributed by atoms with Crippen molar-refractivity contribution in [1.82, 2.24) is 5.32 Å². The quantitative estimate of drug-likeness (QED) is 0.200. The van der Waals surface area contributed by atoms with E-state index in [9.17, 15) is 14.4 Å². The number of amides is 4. The Kier molecular flexibility index (Phi) is 7.60. The monoisotopic (exact) mass is 692 g/mol. The highest BCUT2D eigenvalue weighted by atomic mass is 127. The SMILES string of the molecule is Cc1cccc(COc2c(I)cc(/C=C3\C(=O)NC(=O)N(c4ccc(C)c(C)c4)C3=O)cc2I)c1. The van der Waals surface area contributed by atoms with Gasteiger partial charge in [0.15, 0.2) is 0 Å². The van der Waals surface area contributed by atoms with E-state index in [0.717, 1.165) is 34.5 Å². The first-order valence-corrected chi connectivity index (χ1v) is 13.0. The first kappa shape index (κ1) is 25.4. The lowest BCUT2D eigenvalue weighted by molar-refractivity contribution is -0.122. The summed E-state index contributed by atoms with van der Waals surface area (Å²) in [5, 5.41) is 2.28. The number of imide groups is 2. The zero-order valence-electron chi connectivity index (χ0n) is 19.3. The van der Waals surface area contributed by atoms with Gasteiger partial charge in [-0.1, -0.05) is 35.9 Å². The van der Waals surface area contributed by atoms with E-state index in [-0.39, 0.29) is 5.57 Å². The van der Waals surface area contributed by atoms with Crippen molar-refractivity contribution in [3.05, 3.63) is 95.1 Å². The molecular formula is C27H22I2N2O4. The van der Waals surface area contributed by atoms with Gasteiger partial charge < -0.3 is 4.74 Å². The van der Waals surface area contributed by atoms with Gasteiger partial charge in [0.25, 0.3) is 11.8 Å². The molecule has 4 amide bonds. The number of barbiturate groups is 1. The number of carbonyl (C=O) groups excluding carboxylic acids is 3. The third kappa shape index (κ3) is 5.58. The average Bonchev–Trinajstić information content (AvgIpc) is 2.78. The third-order valence-electron chi connectivity index (χ3n) is 5.65. The minimum absolute atomic E-state index is 0.108. The Morgan fingerprint density at radius 3 is 2.29 bits per heavy atom. The number of hydrogen-bond acceptors (Lipinski definition) is 4. The van der Waals surface area contributed by atoms with Gasteiger partial charge >= 0.3 is 6.03 Å². The number of carbonyl (C=O) groups is 3. The normalized spacial score (nSPS) is 14.9. The lowest BCUT2D eigenvalue weighted by atomic mass is 10.1. The number of halogens is 2. The molecule has 0 atom stereocenters. The van der Waals surface area contributed by atoms with Gasteiger partial charge in [0.05, 0.1) is 12.8 Å². The van der Waals surface area contributed by atoms with Gasteiger partial charge in [0, 0.05) is 0 Å². The molecule has 8 heteroatoms. The molecular weight excluding hydrogens is 670 g/mol. The van der Waals surface area contributed by atoms with Crippen LogP contribution in [0, 0.1) is 27.9 Å². The Morgan fingerprint density at radius 1 is 0.914 bits per heavy atom. The van der Waals surface area contributed by atoms with E-state index in [4.69, 9.17) is 4.74 Å². The van der Waals surface area contributed by atoms with Gasteiger partial charge in [0.1, 0.15) is 17.9 Å². The van der Waals surface area contributed by atoms with Crippen LogP contribution in [0.3, 0.4) is 0 Å². The lowest BCUT2D eigenvalue weighted by Crippen LogP contribution is -2.54. The first-order chi connectivity index (χ1) is 16.6. The number of anilines is 1. The standard InChI is InChI=1S/C27H22I2N2O4/c1-15-5-4-6-18(9-15)14-35-24-22(28)12-19(13-23(24)29)11-21-25(32)30-27(34)31(26(21)33)20-8-7-16(2)17(3)10-20/h4-13H,14H2,1-3H3,(H,30,32,34)/b21-11+. The summed E-state index contributed by atoms with van der Waals surface area (Å²) in [6, 6.07) is 16.3. The maximum atomic E-state index is 13.2. The van der Waals surface area contributed by atoms with Crippen LogP contribution in [0.25, 0.3) is 6.08 Å². The molecule has 0 unspecified atom stereocenters. The number of rotatable bonds is 5. The van der Waals surface area contributed by atoms with Crippen LogP contribution in [0.2, 0.25) is 0 Å². The smallest absolute Gasteiger partial charge is 0.335 e. The molecule has 35 heavy (non-hydrogen) atoms. The summed E-state index contributed by atoms with van der Waals surface area (Å²) in [4.78, 5) is 39.3. The zero-order valence-corrected chi connectivity index (χ0v) is 23.6. The van der Waals surface area contributed by atoms with Crippen molar-refractivity contribution >= 4 is 74.8 Å². The van der Waals surface area contributed by atoms with E-state index in [1.54, 1.807) is 12.1 Å². The minimum Gasteiger partial charge on any atom is -0.487 e. The molecule has 6 nitrogen and oxygen atoms in total. The van der Waals surface area contributed by atoms with Crippen LogP contribution >= 0.6 is 45.2 Å². The number of ether oxygens (including phenoxy) is 1. The largest absolute Gasteiger partial charge is 0.487 e. The van der Waals surface area contributed by atoms with Crippen LogP contribution in [0.5, 0.6) is 5.75 Å². The summed E-state index contributed by atoms with van der Waals surface area (Å²) in [5.41, 5.74) is 5.19. The lowest BCUT2D eigenvalue weighted by Gasteiger charge is -2.27. The van der Waals surface area contributed by atoms with Crippen LogP contribution in [0.15, 0.2) is 60.2 Å². The van der Waals surface area contributed by atoms with E-state index in [1.807, 2.05) is 57.2 Å². The number of hydrogen-bond donors (Lipinski definition) is 1. The zero-order chi connectivity index (χ0) is 25.3. The van der Waals surface area contributed by atoms with E-state index < -0.39 is 17.8 Å². The number of nitrogens with zero attached hydrogens (tertiary/aromatic N) is 1. The van der Waals surface area contributed by atoms with Crippen molar-refractivity contribution in [2.24, 2.45) is 0 Å². The van der Waals surface area contributed by atoms with Crippen LogP contribution in [0.4, 0.5) is 10.5 Å². The fraction of sp³-hybridized carbons (Fsp3) is 0.148. The van der Waals surface area contributed by atoms with Gasteiger partial charge in [-0.25, -0.2) is 9.69 Å². The molecule has 0 aliphatic carbocycles. The highest BCUT2D eigenvalue weighted by molar-refractivity contribution is 14.1. The minimum atomic E-state index is -0.760. The summed E-state index contributed by atoms with van der Waals surface area (Å²) in [6.07, 6.45) is 1.51. The fourth-order valence-electron chi connectivity index (χ4n) is 3.68. The summed E-state index contributed by atoms with van der Waals surface area (Å²) < 4.78 is 7.76. The Labute approximate surface area is 231 Å². The van der Waals surface area contributed by atoms with Crippen LogP contribution < -0.4 is 15.0 Å². The van der Waals surface area contributed by atoms with Crippen LogP contribution in [0.1, 0.15) is 27.8 Å². The molecule has 1 N–H and O–H groups in total. The van der Waals surface area contributed by atoms with E-state index in [1.165, 1.54) is 11.6 Å². The van der Waals surface area contributed by atoms with Crippen molar-refractivity contribution in [2.75, 3.05) is 4.90 Å². The number of aryl methyl sites for hydroxylation is 3. The number of benzene rings is 3. The molecule has 0 radical (unpaired) electrons. The first-order valence-electron chi connectivity index (χ1n) is 10.8. The van der Waals surface area contributed by atoms with E-state index in [2.05, 4.69) is 56.6 Å². The van der Waals surface area contributed by atoms with Gasteiger partial charge in [-0.3, -0.25) is 14.9 Å². The second-order valence-electron chi connectivity index (χ2n) is 8.32. The molecule has 0 bridgehead atoms. The number of nitrogens with one attached hydrogen (secondary N) is 1. The second kappa shape index (κ2) is 10.5. The fourth-order valence-corrected chi connectivity index (χ4v) is 5.81. The molecule has 1 fully saturated rings. The van der Waals surface area contributed by atoms with Gasteiger partial charge in [-0.15, -0.1) is 0 Å². The van der Waals surface area contributed by atoms with Crippen molar-refractivity contribution in [2.45, 2.75) is 27.4 Å². The topological polar surface area (TPSA) is 75.7 Å². The third-order valence-corrected chi connectivity index (χ3v) is 7.25. The van der Waals surface area contributed by atoms with Gasteiger partial charge in [-0.2, -0.15) is 0 Å². The summed E-state index contributed by atoms with van der Waals surface area (Å²) in [7, 11) is 0. The highest BCUT2D eigenvalue weighted by Crippen LogP contribution is 2.31. The Balaban J connectivity index is 1.62. The molecule has 3 aromatic carbocycles. The maximum absolute atomic E-state index is 13.2. The van der Waals surface area contributed by atoms with Gasteiger partial charge in [0.2, 0.25) is 0 Å². The molecule has 0 aromatic heterocycles.